The van der Waals surface area contributed by atoms with Gasteiger partial charge >= 0.3 is 6.09 Å². The first-order valence-corrected chi connectivity index (χ1v) is 27.0. The molecule has 0 saturated heterocycles. The van der Waals surface area contributed by atoms with E-state index in [0.717, 1.165) is 55.9 Å². The number of ether oxygens (including phenoxy) is 5. The number of hydrogen-bond donors (Lipinski definition) is 3. The zero-order chi connectivity index (χ0) is 52.5. The van der Waals surface area contributed by atoms with Gasteiger partial charge in [-0.3, -0.25) is 19.8 Å². The highest BCUT2D eigenvalue weighted by Crippen LogP contribution is 2.62. The van der Waals surface area contributed by atoms with Crippen LogP contribution in [0.1, 0.15) is 143 Å². The van der Waals surface area contributed by atoms with Crippen molar-refractivity contribution in [2.45, 2.75) is 140 Å². The maximum Gasteiger partial charge on any atom is 0.410 e. The van der Waals surface area contributed by atoms with E-state index in [-0.39, 0.29) is 89.3 Å². The van der Waals surface area contributed by atoms with Gasteiger partial charge in [0.2, 0.25) is 5.79 Å². The molecule has 1 amide bonds. The van der Waals surface area contributed by atoms with E-state index in [1.807, 2.05) is 18.2 Å². The fraction of sp³-hybridized carbons (Fsp3) is 0.569. The molecule has 1 fully saturated rings. The number of nitro benzene ring substituents is 1. The largest absolute Gasteiger partial charge is 0.459 e. The van der Waals surface area contributed by atoms with Gasteiger partial charge < -0.3 is 43.8 Å². The maximum absolute atomic E-state index is 14.9. The highest BCUT2D eigenvalue weighted by Gasteiger charge is 2.65. The van der Waals surface area contributed by atoms with Crippen molar-refractivity contribution in [3.8, 4) is 17.2 Å². The molecule has 404 valence electrons. The third kappa shape index (κ3) is 15.7. The van der Waals surface area contributed by atoms with E-state index in [4.69, 9.17) is 33.7 Å². The van der Waals surface area contributed by atoms with E-state index in [0.29, 0.717) is 59.8 Å². The summed E-state index contributed by atoms with van der Waals surface area (Å²) in [5.41, 5.74) is 3.30. The number of aliphatic hydroxyl groups excluding tert-OH is 3. The van der Waals surface area contributed by atoms with Gasteiger partial charge in [-0.15, -0.1) is 6.58 Å². The second kappa shape index (κ2) is 30.7. The number of nitro groups is 1. The topological polar surface area (TPSA) is 209 Å². The summed E-state index contributed by atoms with van der Waals surface area (Å²) in [6, 6.07) is 17.8. The quantitative estimate of drug-likeness (QED) is 0.0165. The smallest absolute Gasteiger partial charge is 0.410 e. The van der Waals surface area contributed by atoms with Crippen molar-refractivity contribution in [2.75, 3.05) is 52.8 Å². The monoisotopic (exact) mass is 1030 g/mol. The number of amides is 1. The van der Waals surface area contributed by atoms with Gasteiger partial charge in [-0.2, -0.15) is 0 Å². The predicted molar refractivity (Wildman–Crippen MR) is 283 cm³/mol. The van der Waals surface area contributed by atoms with E-state index in [1.54, 1.807) is 47.4 Å². The van der Waals surface area contributed by atoms with E-state index in [9.17, 15) is 35.0 Å². The molecule has 0 aromatic heterocycles. The fourth-order valence-corrected chi connectivity index (χ4v) is 10.9. The van der Waals surface area contributed by atoms with Crippen molar-refractivity contribution in [2.24, 2.45) is 22.9 Å². The molecule has 6 unspecified atom stereocenters. The number of allylic oxidation sites excluding steroid dienone is 1. The Morgan fingerprint density at radius 1 is 0.865 bits per heavy atom. The second-order valence-corrected chi connectivity index (χ2v) is 19.6. The van der Waals surface area contributed by atoms with Gasteiger partial charge in [-0.05, 0) is 97.5 Å². The molecule has 3 aliphatic rings. The van der Waals surface area contributed by atoms with Crippen LogP contribution in [0.15, 0.2) is 96.2 Å². The van der Waals surface area contributed by atoms with Gasteiger partial charge in [0, 0.05) is 55.4 Å². The molecule has 2 aliphatic carbocycles. The Labute approximate surface area is 436 Å². The van der Waals surface area contributed by atoms with Crippen LogP contribution < -0.4 is 9.47 Å². The number of unbranched alkanes of at least 4 members (excludes halogenated alkanes) is 11. The van der Waals surface area contributed by atoms with Gasteiger partial charge in [-0.1, -0.05) is 107 Å². The van der Waals surface area contributed by atoms with E-state index in [1.165, 1.54) is 50.7 Å². The van der Waals surface area contributed by atoms with Crippen molar-refractivity contribution >= 4 is 23.8 Å². The number of carbonyl (C=O) groups excluding carboxylic acids is 2. The molecule has 1 saturated carbocycles. The Hall–Kier alpha value is -5.65. The predicted octanol–water partition coefficient (Wildman–Crippen LogP) is 11.4. The lowest BCUT2D eigenvalue weighted by molar-refractivity contribution is -0.384. The molecule has 6 rings (SSSR count). The van der Waals surface area contributed by atoms with Crippen molar-refractivity contribution in [1.29, 1.82) is 0 Å². The molecule has 74 heavy (non-hydrogen) atoms. The minimum atomic E-state index is -1.58. The molecule has 3 aromatic rings. The van der Waals surface area contributed by atoms with E-state index in [2.05, 4.69) is 19.6 Å². The SMILES string of the molecule is C=CCOC12Oc3ccc(Oc4cccc(C=O)c4)cc3C3C(CCCCO)C(CCCCO)C=C(C(=NOCc4ccc([N+](=O)[O-])cc4)CC1N(CCOCCO)C(=O)OCCCCCCCCCCCC)C32. The van der Waals surface area contributed by atoms with Crippen LogP contribution in [0.2, 0.25) is 0 Å². The van der Waals surface area contributed by atoms with Crippen LogP contribution in [0.25, 0.3) is 0 Å². The summed E-state index contributed by atoms with van der Waals surface area (Å²) < 4.78 is 33.0. The van der Waals surface area contributed by atoms with Crippen LogP contribution >= 0.6 is 0 Å². The van der Waals surface area contributed by atoms with Crippen molar-refractivity contribution in [3.63, 3.8) is 0 Å². The van der Waals surface area contributed by atoms with Crippen LogP contribution in [-0.2, 0) is 25.7 Å². The number of aliphatic hydroxyl groups is 3. The summed E-state index contributed by atoms with van der Waals surface area (Å²) in [4.78, 5) is 45.5. The number of rotatable bonds is 35. The molecular weight excluding hydrogens is 947 g/mol. The van der Waals surface area contributed by atoms with Crippen molar-refractivity contribution < 1.29 is 58.4 Å². The van der Waals surface area contributed by atoms with Gasteiger partial charge in [-0.25, -0.2) is 4.79 Å². The molecule has 16 nitrogen and oxygen atoms in total. The third-order valence-corrected chi connectivity index (χ3v) is 14.5. The van der Waals surface area contributed by atoms with Gasteiger partial charge in [0.15, 0.2) is 0 Å². The molecule has 6 atom stereocenters. The number of carbonyl (C=O) groups is 2. The molecule has 3 aromatic carbocycles. The van der Waals surface area contributed by atoms with Crippen LogP contribution in [-0.4, -0.2) is 108 Å². The first kappa shape index (κ1) is 57.6. The first-order chi connectivity index (χ1) is 36.2. The Morgan fingerprint density at radius 3 is 2.27 bits per heavy atom. The van der Waals surface area contributed by atoms with Gasteiger partial charge in [0.05, 0.1) is 49.6 Å². The highest BCUT2D eigenvalue weighted by molar-refractivity contribution is 6.03. The van der Waals surface area contributed by atoms with Crippen LogP contribution in [0.3, 0.4) is 0 Å². The van der Waals surface area contributed by atoms with E-state index < -0.39 is 28.8 Å². The summed E-state index contributed by atoms with van der Waals surface area (Å²) in [6.07, 6.45) is 19.6. The lowest BCUT2D eigenvalue weighted by Crippen LogP contribution is -2.70. The molecule has 16 heteroatoms. The van der Waals surface area contributed by atoms with Crippen LogP contribution in [0.5, 0.6) is 17.2 Å². The standard InChI is InChI=1S/C58H79N3O13/c1-3-5-6-7-8-9-10-11-12-17-34-70-57(66)60(29-35-69-36-32-64)54-40-52(59-72-42-43-23-25-46(26-24-43)61(67)68)50-38-45(20-13-15-30-62)49(22-14-16-31-63)55-51-39-48(73-47-21-18-19-44(37-47)41-65)27-28-53(51)74-58(54,56(50)55)71-33-4-2/h4,18-19,21,23-28,37-39,41,45,49,54-56,62-64H,2-3,5-17,20,22,29-36,40,42H2,1H3. The molecule has 1 heterocycles. The minimum absolute atomic E-state index is 0.000303. The summed E-state index contributed by atoms with van der Waals surface area (Å²) in [5, 5.41) is 46.1. The highest BCUT2D eigenvalue weighted by atomic mass is 16.7. The fourth-order valence-electron chi connectivity index (χ4n) is 10.9. The number of aldehydes is 1. The summed E-state index contributed by atoms with van der Waals surface area (Å²) in [7, 11) is 0. The number of fused-ring (bicyclic) bond motifs is 2. The number of non-ortho nitro benzene ring substituents is 1. The van der Waals surface area contributed by atoms with Crippen LogP contribution in [0.4, 0.5) is 10.5 Å². The molecule has 0 radical (unpaired) electrons. The first-order valence-electron chi connectivity index (χ1n) is 27.0. The number of nitrogens with zero attached hydrogens (tertiary/aromatic N) is 3. The Morgan fingerprint density at radius 2 is 1.58 bits per heavy atom. The number of hydrogen-bond acceptors (Lipinski definition) is 14. The summed E-state index contributed by atoms with van der Waals surface area (Å²) in [6.45, 7) is 6.58. The zero-order valence-electron chi connectivity index (χ0n) is 43.3. The Balaban J connectivity index is 1.46. The average molecular weight is 1030 g/mol. The van der Waals surface area contributed by atoms with E-state index >= 15 is 0 Å². The Kier molecular flexibility index (Phi) is 23.9. The van der Waals surface area contributed by atoms with Crippen molar-refractivity contribution in [1.82, 2.24) is 4.90 Å². The van der Waals surface area contributed by atoms with Crippen molar-refractivity contribution in [3.05, 3.63) is 118 Å². The van der Waals surface area contributed by atoms with Gasteiger partial charge in [0.1, 0.15) is 36.2 Å². The number of oxime groups is 1. The maximum atomic E-state index is 14.9. The second-order valence-electron chi connectivity index (χ2n) is 19.6. The Bertz CT molecular complexity index is 2290. The third-order valence-electron chi connectivity index (χ3n) is 14.5. The molecule has 0 spiro atoms. The lowest BCUT2D eigenvalue weighted by atomic mass is 9.55. The molecule has 1 aliphatic heterocycles. The molecule has 0 bridgehead atoms. The van der Waals surface area contributed by atoms with Gasteiger partial charge in [0.25, 0.3) is 5.69 Å². The summed E-state index contributed by atoms with van der Waals surface area (Å²) >= 11 is 0. The lowest BCUT2D eigenvalue weighted by Gasteiger charge is -2.59. The minimum Gasteiger partial charge on any atom is -0.459 e. The van der Waals surface area contributed by atoms with Crippen LogP contribution in [0, 0.1) is 27.9 Å². The summed E-state index contributed by atoms with van der Waals surface area (Å²) in [5.74, 6) is -1.15. The number of benzene rings is 3. The average Bonchev–Trinajstić information content (AvgIpc) is 3.41. The molecule has 3 N–H and O–H groups in total. The normalized spacial score (nSPS) is 21.2. The molecular formula is C58H79N3O13. The zero-order valence-corrected chi connectivity index (χ0v) is 43.3.